The molecule has 4 heteroatoms. The van der Waals surface area contributed by atoms with Crippen molar-refractivity contribution in [3.05, 3.63) is 0 Å². The lowest BCUT2D eigenvalue weighted by Crippen LogP contribution is -2.08. The Morgan fingerprint density at radius 1 is 1.06 bits per heavy atom. The van der Waals surface area contributed by atoms with Crippen molar-refractivity contribution in [2.24, 2.45) is 5.92 Å². The maximum Gasteiger partial charge on any atom is 0.306 e. The van der Waals surface area contributed by atoms with Crippen LogP contribution in [-0.2, 0) is 14.3 Å². The Bertz CT molecular complexity index is 223. The minimum atomic E-state index is -0.962. The molecule has 0 unspecified atom stereocenters. The molecule has 17 heavy (non-hydrogen) atoms. The Balaban J connectivity index is 3.22. The largest absolute Gasteiger partial charge is 0.481 e. The van der Waals surface area contributed by atoms with E-state index >= 15 is 0 Å². The average Bonchev–Trinajstić information content (AvgIpc) is 2.24. The number of unbranched alkanes of at least 4 members (excludes halogenated alkanes) is 3. The van der Waals surface area contributed by atoms with Crippen LogP contribution in [0.4, 0.5) is 0 Å². The second-order valence-electron chi connectivity index (χ2n) is 4.71. The molecule has 0 saturated carbocycles. The Kier molecular flexibility index (Phi) is 9.49. The molecule has 100 valence electrons. The fourth-order valence-electron chi connectivity index (χ4n) is 1.48. The van der Waals surface area contributed by atoms with Crippen LogP contribution >= 0.6 is 0 Å². The molecule has 0 atom stereocenters. The van der Waals surface area contributed by atoms with E-state index in [4.69, 9.17) is 9.84 Å². The zero-order chi connectivity index (χ0) is 13.1. The maximum absolute atomic E-state index is 11.0. The molecule has 0 saturated heterocycles. The third-order valence-electron chi connectivity index (χ3n) is 2.48. The van der Waals surface area contributed by atoms with Crippen LogP contribution in [0.2, 0.25) is 0 Å². The fraction of sp³-hybridized carbons (Fsp3) is 0.846. The summed E-state index contributed by atoms with van der Waals surface area (Å²) in [5.74, 6) is -0.617. The van der Waals surface area contributed by atoms with Gasteiger partial charge in [-0.3, -0.25) is 9.59 Å². The molecule has 0 aliphatic rings. The zero-order valence-corrected chi connectivity index (χ0v) is 10.9. The quantitative estimate of drug-likeness (QED) is 0.474. The molecule has 0 aliphatic carbocycles. The zero-order valence-electron chi connectivity index (χ0n) is 10.9. The van der Waals surface area contributed by atoms with E-state index < -0.39 is 11.9 Å². The standard InChI is InChI=1S/C13H24O4/c1-11(2)7-5-3-4-6-10-17-13(16)9-8-12(14)15/h11H,3-10H2,1-2H3,(H,14,15). The van der Waals surface area contributed by atoms with E-state index in [9.17, 15) is 9.59 Å². The molecule has 0 spiro atoms. The number of carbonyl (C=O) groups is 2. The molecule has 0 amide bonds. The molecule has 1 N–H and O–H groups in total. The molecular formula is C13H24O4. The van der Waals surface area contributed by atoms with Crippen molar-refractivity contribution in [3.8, 4) is 0 Å². The van der Waals surface area contributed by atoms with Crippen molar-refractivity contribution in [1.29, 1.82) is 0 Å². The summed E-state index contributed by atoms with van der Waals surface area (Å²) in [6.45, 7) is 4.84. The van der Waals surface area contributed by atoms with Gasteiger partial charge in [0.2, 0.25) is 0 Å². The van der Waals surface area contributed by atoms with Crippen molar-refractivity contribution >= 4 is 11.9 Å². The lowest BCUT2D eigenvalue weighted by atomic mass is 10.0. The number of carbonyl (C=O) groups excluding carboxylic acids is 1. The van der Waals surface area contributed by atoms with Gasteiger partial charge in [0.15, 0.2) is 0 Å². The molecule has 0 aliphatic heterocycles. The average molecular weight is 244 g/mol. The first-order valence-electron chi connectivity index (χ1n) is 6.39. The summed E-state index contributed by atoms with van der Waals surface area (Å²) >= 11 is 0. The summed E-state index contributed by atoms with van der Waals surface area (Å²) in [7, 11) is 0. The predicted molar refractivity (Wildman–Crippen MR) is 65.8 cm³/mol. The molecule has 0 heterocycles. The van der Waals surface area contributed by atoms with Gasteiger partial charge < -0.3 is 9.84 Å². The number of hydrogen-bond acceptors (Lipinski definition) is 3. The number of aliphatic carboxylic acids is 1. The highest BCUT2D eigenvalue weighted by molar-refractivity contribution is 5.76. The predicted octanol–water partition coefficient (Wildman–Crippen LogP) is 3.00. The lowest BCUT2D eigenvalue weighted by Gasteiger charge is -2.05. The Morgan fingerprint density at radius 3 is 2.29 bits per heavy atom. The van der Waals surface area contributed by atoms with Gasteiger partial charge >= 0.3 is 11.9 Å². The first-order chi connectivity index (χ1) is 8.02. The Labute approximate surface area is 103 Å². The first kappa shape index (κ1) is 15.9. The van der Waals surface area contributed by atoms with Gasteiger partial charge in [0.25, 0.3) is 0 Å². The first-order valence-corrected chi connectivity index (χ1v) is 6.39. The van der Waals surface area contributed by atoms with E-state index in [1.165, 1.54) is 19.3 Å². The smallest absolute Gasteiger partial charge is 0.306 e. The van der Waals surface area contributed by atoms with Gasteiger partial charge in [-0.2, -0.15) is 0 Å². The van der Waals surface area contributed by atoms with Crippen LogP contribution in [0.1, 0.15) is 58.8 Å². The van der Waals surface area contributed by atoms with Crippen molar-refractivity contribution in [3.63, 3.8) is 0 Å². The number of carboxylic acids is 1. The van der Waals surface area contributed by atoms with E-state index in [1.54, 1.807) is 0 Å². The SMILES string of the molecule is CC(C)CCCCCCOC(=O)CCC(=O)O. The summed E-state index contributed by atoms with van der Waals surface area (Å²) in [5.41, 5.74) is 0. The van der Waals surface area contributed by atoms with Gasteiger partial charge in [0, 0.05) is 0 Å². The second kappa shape index (κ2) is 10.1. The molecule has 0 aromatic rings. The second-order valence-corrected chi connectivity index (χ2v) is 4.71. The van der Waals surface area contributed by atoms with Gasteiger partial charge in [0.05, 0.1) is 19.4 Å². The van der Waals surface area contributed by atoms with Crippen molar-refractivity contribution in [2.45, 2.75) is 58.8 Å². The Morgan fingerprint density at radius 2 is 1.71 bits per heavy atom. The van der Waals surface area contributed by atoms with Crippen LogP contribution in [0, 0.1) is 5.92 Å². The topological polar surface area (TPSA) is 63.6 Å². The van der Waals surface area contributed by atoms with Crippen molar-refractivity contribution in [1.82, 2.24) is 0 Å². The van der Waals surface area contributed by atoms with E-state index in [-0.39, 0.29) is 12.8 Å². The van der Waals surface area contributed by atoms with Gasteiger partial charge in [-0.1, -0.05) is 39.5 Å². The summed E-state index contributed by atoms with van der Waals surface area (Å²) in [6.07, 6.45) is 5.42. The van der Waals surface area contributed by atoms with Crippen LogP contribution in [0.25, 0.3) is 0 Å². The van der Waals surface area contributed by atoms with Crippen LogP contribution in [0.5, 0.6) is 0 Å². The summed E-state index contributed by atoms with van der Waals surface area (Å²) in [4.78, 5) is 21.2. The third kappa shape index (κ3) is 12.9. The number of rotatable bonds is 10. The molecule has 0 rings (SSSR count). The van der Waals surface area contributed by atoms with E-state index in [0.717, 1.165) is 18.8 Å². The van der Waals surface area contributed by atoms with E-state index in [0.29, 0.717) is 6.61 Å². The maximum atomic E-state index is 11.0. The lowest BCUT2D eigenvalue weighted by molar-refractivity contribution is -0.147. The van der Waals surface area contributed by atoms with Crippen molar-refractivity contribution in [2.75, 3.05) is 6.61 Å². The number of esters is 1. The summed E-state index contributed by atoms with van der Waals surface area (Å²) < 4.78 is 4.92. The summed E-state index contributed by atoms with van der Waals surface area (Å²) in [5, 5.41) is 8.37. The minimum absolute atomic E-state index is 0.0251. The molecule has 0 radical (unpaired) electrons. The van der Waals surface area contributed by atoms with E-state index in [2.05, 4.69) is 13.8 Å². The van der Waals surface area contributed by atoms with Crippen LogP contribution in [0.15, 0.2) is 0 Å². The van der Waals surface area contributed by atoms with Crippen LogP contribution in [0.3, 0.4) is 0 Å². The molecule has 4 nitrogen and oxygen atoms in total. The van der Waals surface area contributed by atoms with Gasteiger partial charge in [-0.15, -0.1) is 0 Å². The molecule has 0 bridgehead atoms. The third-order valence-corrected chi connectivity index (χ3v) is 2.48. The molecule has 0 aromatic carbocycles. The molecule has 0 aromatic heterocycles. The minimum Gasteiger partial charge on any atom is -0.481 e. The van der Waals surface area contributed by atoms with Crippen LogP contribution in [-0.4, -0.2) is 23.7 Å². The van der Waals surface area contributed by atoms with E-state index in [1.807, 2.05) is 0 Å². The highest BCUT2D eigenvalue weighted by Gasteiger charge is 2.05. The van der Waals surface area contributed by atoms with Crippen LogP contribution < -0.4 is 0 Å². The van der Waals surface area contributed by atoms with Gasteiger partial charge in [-0.05, 0) is 12.3 Å². The number of hydrogen-bond donors (Lipinski definition) is 1. The highest BCUT2D eigenvalue weighted by atomic mass is 16.5. The fourth-order valence-corrected chi connectivity index (χ4v) is 1.48. The van der Waals surface area contributed by atoms with Gasteiger partial charge in [-0.25, -0.2) is 0 Å². The monoisotopic (exact) mass is 244 g/mol. The Hall–Kier alpha value is -1.06. The van der Waals surface area contributed by atoms with Gasteiger partial charge in [0.1, 0.15) is 0 Å². The molecular weight excluding hydrogens is 220 g/mol. The molecule has 0 fully saturated rings. The normalized spacial score (nSPS) is 10.5. The van der Waals surface area contributed by atoms with Crippen molar-refractivity contribution < 1.29 is 19.4 Å². The highest BCUT2D eigenvalue weighted by Crippen LogP contribution is 2.09. The summed E-state index contributed by atoms with van der Waals surface area (Å²) in [6, 6.07) is 0. The number of carboxylic acid groups (broad SMARTS) is 1. The number of ether oxygens (including phenoxy) is 1.